The van der Waals surface area contributed by atoms with E-state index >= 15 is 0 Å². The first-order valence-electron chi connectivity index (χ1n) is 11.4. The Morgan fingerprint density at radius 3 is 1.76 bits per heavy atom. The molecule has 0 radical (unpaired) electrons. The van der Waals surface area contributed by atoms with Crippen LogP contribution in [0.1, 0.15) is 66.0 Å². The minimum absolute atomic E-state index is 0.0246. The normalized spacial score (nSPS) is 10.9. The van der Waals surface area contributed by atoms with Crippen LogP contribution in [0.25, 0.3) is 0 Å². The lowest BCUT2D eigenvalue weighted by molar-refractivity contribution is 0.0976. The highest BCUT2D eigenvalue weighted by Gasteiger charge is 2.15. The molecule has 2 amide bonds. The van der Waals surface area contributed by atoms with E-state index in [0.717, 1.165) is 18.4 Å². The van der Waals surface area contributed by atoms with E-state index in [1.54, 1.807) is 36.4 Å². The van der Waals surface area contributed by atoms with Crippen LogP contribution in [0.2, 0.25) is 0 Å². The number of aryl methyl sites for hydroxylation is 1. The van der Waals surface area contributed by atoms with Crippen molar-refractivity contribution in [3.63, 3.8) is 0 Å². The molecule has 0 aliphatic carbocycles. The Morgan fingerprint density at radius 1 is 0.735 bits per heavy atom. The summed E-state index contributed by atoms with van der Waals surface area (Å²) in [5.74, 6) is -0.434. The quantitative estimate of drug-likeness (QED) is 0.367. The second-order valence-corrected chi connectivity index (χ2v) is 9.62. The molecular formula is C28H31N3O2S. The molecule has 0 unspecified atom stereocenters. The molecular weight excluding hydrogens is 442 g/mol. The zero-order valence-corrected chi connectivity index (χ0v) is 20.9. The van der Waals surface area contributed by atoms with E-state index < -0.39 is 0 Å². The van der Waals surface area contributed by atoms with E-state index in [-0.39, 0.29) is 22.3 Å². The van der Waals surface area contributed by atoms with Gasteiger partial charge in [0.2, 0.25) is 0 Å². The Balaban J connectivity index is 1.53. The first-order valence-corrected chi connectivity index (χ1v) is 11.8. The van der Waals surface area contributed by atoms with Crippen LogP contribution < -0.4 is 16.0 Å². The van der Waals surface area contributed by atoms with Gasteiger partial charge in [-0.3, -0.25) is 14.9 Å². The molecule has 0 saturated carbocycles. The molecule has 0 heterocycles. The third-order valence-electron chi connectivity index (χ3n) is 5.40. The lowest BCUT2D eigenvalue weighted by Gasteiger charge is -2.19. The summed E-state index contributed by atoms with van der Waals surface area (Å²) in [6, 6.07) is 22.3. The minimum Gasteiger partial charge on any atom is -0.332 e. The summed E-state index contributed by atoms with van der Waals surface area (Å²) in [7, 11) is 0. The van der Waals surface area contributed by atoms with Gasteiger partial charge in [0.05, 0.1) is 0 Å². The number of hydrogen-bond donors (Lipinski definition) is 3. The number of nitrogens with one attached hydrogen (secondary N) is 3. The van der Waals surface area contributed by atoms with Gasteiger partial charge in [-0.1, -0.05) is 58.4 Å². The second-order valence-electron chi connectivity index (χ2n) is 9.21. The van der Waals surface area contributed by atoms with Crippen LogP contribution in [0.15, 0.2) is 72.8 Å². The van der Waals surface area contributed by atoms with Gasteiger partial charge in [0.15, 0.2) is 5.11 Å². The van der Waals surface area contributed by atoms with Gasteiger partial charge >= 0.3 is 0 Å². The van der Waals surface area contributed by atoms with E-state index in [0.29, 0.717) is 22.5 Å². The summed E-state index contributed by atoms with van der Waals surface area (Å²) in [5.41, 5.74) is 4.93. The maximum absolute atomic E-state index is 12.5. The van der Waals surface area contributed by atoms with Crippen molar-refractivity contribution >= 4 is 40.5 Å². The first kappa shape index (κ1) is 25.1. The molecule has 34 heavy (non-hydrogen) atoms. The zero-order valence-electron chi connectivity index (χ0n) is 20.1. The lowest BCUT2D eigenvalue weighted by atomic mass is 9.87. The van der Waals surface area contributed by atoms with E-state index in [2.05, 4.69) is 43.6 Å². The van der Waals surface area contributed by atoms with Crippen LogP contribution in [0.4, 0.5) is 11.4 Å². The molecule has 0 spiro atoms. The van der Waals surface area contributed by atoms with Crippen LogP contribution in [-0.2, 0) is 11.8 Å². The van der Waals surface area contributed by atoms with E-state index in [1.807, 2.05) is 36.4 Å². The van der Waals surface area contributed by atoms with Crippen molar-refractivity contribution in [1.82, 2.24) is 5.32 Å². The predicted molar refractivity (Wildman–Crippen MR) is 144 cm³/mol. The number of rotatable bonds is 6. The van der Waals surface area contributed by atoms with Gasteiger partial charge in [0.1, 0.15) is 0 Å². The number of thiocarbonyl (C=S) groups is 1. The van der Waals surface area contributed by atoms with Crippen molar-refractivity contribution < 1.29 is 9.59 Å². The third-order valence-corrected chi connectivity index (χ3v) is 5.60. The summed E-state index contributed by atoms with van der Waals surface area (Å²) in [5, 5.41) is 8.78. The van der Waals surface area contributed by atoms with Crippen molar-refractivity contribution in [2.45, 2.75) is 46.0 Å². The molecule has 0 aliphatic heterocycles. The Morgan fingerprint density at radius 2 is 1.24 bits per heavy atom. The van der Waals surface area contributed by atoms with Crippen LogP contribution in [0, 0.1) is 0 Å². The molecule has 3 rings (SSSR count). The van der Waals surface area contributed by atoms with Gasteiger partial charge < -0.3 is 10.6 Å². The van der Waals surface area contributed by atoms with Gasteiger partial charge in [-0.2, -0.15) is 0 Å². The van der Waals surface area contributed by atoms with Crippen LogP contribution in [0.3, 0.4) is 0 Å². The standard InChI is InChI=1S/C28H31N3O2S/c1-5-6-19-7-9-20(10-8-19)25(32)29-23-15-17-24(18-16-23)30-27(34)31-26(33)21-11-13-22(14-12-21)28(2,3)4/h7-18H,5-6H2,1-4H3,(H,29,32)(H2,30,31,33,34). The molecule has 6 heteroatoms. The summed E-state index contributed by atoms with van der Waals surface area (Å²) >= 11 is 5.28. The van der Waals surface area contributed by atoms with Crippen molar-refractivity contribution in [1.29, 1.82) is 0 Å². The molecule has 0 saturated heterocycles. The molecule has 3 aromatic rings. The molecule has 3 aromatic carbocycles. The number of amides is 2. The minimum atomic E-state index is -0.271. The third kappa shape index (κ3) is 6.99. The molecule has 0 aliphatic rings. The summed E-state index contributed by atoms with van der Waals surface area (Å²) in [6.45, 7) is 8.51. The molecule has 0 aromatic heterocycles. The molecule has 176 valence electrons. The highest BCUT2D eigenvalue weighted by molar-refractivity contribution is 7.80. The number of anilines is 2. The highest BCUT2D eigenvalue weighted by atomic mass is 32.1. The molecule has 3 N–H and O–H groups in total. The Labute approximate surface area is 207 Å². The van der Waals surface area contributed by atoms with E-state index in [1.165, 1.54) is 5.56 Å². The van der Waals surface area contributed by atoms with E-state index in [9.17, 15) is 9.59 Å². The highest BCUT2D eigenvalue weighted by Crippen LogP contribution is 2.22. The predicted octanol–water partition coefficient (Wildman–Crippen LogP) is 6.32. The van der Waals surface area contributed by atoms with Crippen LogP contribution >= 0.6 is 12.2 Å². The Hall–Kier alpha value is -3.51. The average Bonchev–Trinajstić information content (AvgIpc) is 2.80. The van der Waals surface area contributed by atoms with Gasteiger partial charge in [-0.05, 0) is 83.7 Å². The SMILES string of the molecule is CCCc1ccc(C(=O)Nc2ccc(NC(=S)NC(=O)c3ccc(C(C)(C)C)cc3)cc2)cc1. The van der Waals surface area contributed by atoms with Crippen molar-refractivity contribution in [2.75, 3.05) is 10.6 Å². The summed E-state index contributed by atoms with van der Waals surface area (Å²) in [4.78, 5) is 25.0. The molecule has 5 nitrogen and oxygen atoms in total. The molecule has 0 atom stereocenters. The topological polar surface area (TPSA) is 70.2 Å². The van der Waals surface area contributed by atoms with Crippen LogP contribution in [-0.4, -0.2) is 16.9 Å². The van der Waals surface area contributed by atoms with Gasteiger partial charge in [-0.25, -0.2) is 0 Å². The fourth-order valence-electron chi connectivity index (χ4n) is 3.41. The maximum Gasteiger partial charge on any atom is 0.257 e. The zero-order chi connectivity index (χ0) is 24.7. The van der Waals surface area contributed by atoms with Gasteiger partial charge in [0.25, 0.3) is 11.8 Å². The Bertz CT molecular complexity index is 1150. The monoisotopic (exact) mass is 473 g/mol. The van der Waals surface area contributed by atoms with Gasteiger partial charge in [0, 0.05) is 22.5 Å². The number of carbonyl (C=O) groups is 2. The number of hydrogen-bond acceptors (Lipinski definition) is 3. The first-order chi connectivity index (χ1) is 16.2. The number of benzene rings is 3. The van der Waals surface area contributed by atoms with E-state index in [4.69, 9.17) is 12.2 Å². The fourth-order valence-corrected chi connectivity index (χ4v) is 3.62. The smallest absolute Gasteiger partial charge is 0.257 e. The number of carbonyl (C=O) groups excluding carboxylic acids is 2. The van der Waals surface area contributed by atoms with Crippen LogP contribution in [0.5, 0.6) is 0 Å². The molecule has 0 fully saturated rings. The average molecular weight is 474 g/mol. The van der Waals surface area contributed by atoms with Gasteiger partial charge in [-0.15, -0.1) is 0 Å². The second kappa shape index (κ2) is 11.1. The van der Waals surface area contributed by atoms with Crippen molar-refractivity contribution in [3.05, 3.63) is 95.1 Å². The summed E-state index contributed by atoms with van der Waals surface area (Å²) < 4.78 is 0. The van der Waals surface area contributed by atoms with Crippen molar-refractivity contribution in [3.8, 4) is 0 Å². The largest absolute Gasteiger partial charge is 0.332 e. The maximum atomic E-state index is 12.5. The van der Waals surface area contributed by atoms with Crippen molar-refractivity contribution in [2.24, 2.45) is 0 Å². The summed E-state index contributed by atoms with van der Waals surface area (Å²) in [6.07, 6.45) is 2.08. The molecule has 0 bridgehead atoms. The lowest BCUT2D eigenvalue weighted by Crippen LogP contribution is -2.34. The fraction of sp³-hybridized carbons (Fsp3) is 0.250. The Kier molecular flexibility index (Phi) is 8.18.